The number of nitrogens with one attached hydrogen (secondary N) is 2. The fourth-order valence-corrected chi connectivity index (χ4v) is 2.19. The minimum Gasteiger partial charge on any atom is -0.330 e. The van der Waals surface area contributed by atoms with Crippen LogP contribution < -0.4 is 27.4 Å². The third kappa shape index (κ3) is 158. The van der Waals surface area contributed by atoms with Crippen molar-refractivity contribution in [1.29, 1.82) is 0 Å². The molecule has 0 fully saturated rings. The zero-order valence-electron chi connectivity index (χ0n) is 23.8. The van der Waals surface area contributed by atoms with E-state index in [-0.39, 0.29) is 17.0 Å². The summed E-state index contributed by atoms with van der Waals surface area (Å²) < 4.78 is 12.5. The van der Waals surface area contributed by atoms with Gasteiger partial charge in [-0.1, -0.05) is 59.6 Å². The Balaban J connectivity index is -0.0000000462. The van der Waals surface area contributed by atoms with Crippen molar-refractivity contribution in [2.75, 3.05) is 76.0 Å². The molecule has 0 bridgehead atoms. The normalized spacial score (nSPS) is 8.61. The van der Waals surface area contributed by atoms with E-state index >= 15 is 0 Å². The van der Waals surface area contributed by atoms with Gasteiger partial charge in [-0.05, 0) is 67.1 Å². The molecule has 0 saturated carbocycles. The van der Waals surface area contributed by atoms with Crippen LogP contribution in [0.5, 0.6) is 0 Å². The van der Waals surface area contributed by atoms with E-state index in [1.165, 1.54) is 9.79 Å². The number of rotatable bonds is 12. The number of halogens is 8. The molecule has 0 amide bonds. The average Bonchev–Trinajstić information content (AvgIpc) is 2.88. The fraction of sp³-hybridized carbons (Fsp3) is 0.952. The predicted molar refractivity (Wildman–Crippen MR) is 195 cm³/mol. The molecule has 0 spiro atoms. The van der Waals surface area contributed by atoms with E-state index in [0.29, 0.717) is 30.2 Å². The van der Waals surface area contributed by atoms with Gasteiger partial charge >= 0.3 is 0 Å². The van der Waals surface area contributed by atoms with Crippen LogP contribution in [0.25, 0.3) is 0 Å². The van der Waals surface area contributed by atoms with Gasteiger partial charge in [0.15, 0.2) is 0 Å². The van der Waals surface area contributed by atoms with Crippen molar-refractivity contribution in [3.63, 3.8) is 0 Å². The molecule has 0 rings (SSSR count). The number of hydrogen-bond acceptors (Lipinski definition) is 8. The van der Waals surface area contributed by atoms with Gasteiger partial charge in [0.25, 0.3) is 0 Å². The highest BCUT2D eigenvalue weighted by Crippen LogP contribution is 1.95. The van der Waals surface area contributed by atoms with Crippen LogP contribution in [0.2, 0.25) is 0 Å². The van der Waals surface area contributed by atoms with E-state index in [9.17, 15) is 4.21 Å². The third-order valence-corrected chi connectivity index (χ3v) is 4.83. The van der Waals surface area contributed by atoms with Crippen molar-refractivity contribution in [1.82, 2.24) is 19.0 Å². The lowest BCUT2D eigenvalue weighted by Gasteiger charge is -2.03. The van der Waals surface area contributed by atoms with Gasteiger partial charge in [0.1, 0.15) is 0 Å². The topological polar surface area (TPSA) is 126 Å². The molecule has 0 aromatic heterocycles. The zero-order valence-corrected chi connectivity index (χ0v) is 33.3. The molecule has 0 saturated heterocycles. The number of hydrogen-bond donors (Lipinski definition) is 5. The maximum atomic E-state index is 9.31. The van der Waals surface area contributed by atoms with Gasteiger partial charge in [-0.25, -0.2) is 17.9 Å². The predicted octanol–water partition coefficient (Wildman–Crippen LogP) is 5.93. The summed E-state index contributed by atoms with van der Waals surface area (Å²) >= 11 is 32.9. The average molecular weight is 871 g/mol. The zero-order chi connectivity index (χ0) is 30.8. The van der Waals surface area contributed by atoms with Gasteiger partial charge < -0.3 is 17.2 Å². The number of nitrogens with zero attached hydrogens (tertiary/aromatic N) is 2. The SMILES string of the molecule is Br.BrCNCBr.CC(C)CCNCl.CCN(Cl)CC.CN(C)Cl.NCC=S=O.NCCCCCl.NCCCl. The first-order valence-electron chi connectivity index (χ1n) is 11.7. The Morgan fingerprint density at radius 1 is 0.947 bits per heavy atom. The Hall–Kier alpha value is 2.50. The van der Waals surface area contributed by atoms with E-state index in [0.717, 1.165) is 68.1 Å². The van der Waals surface area contributed by atoms with Gasteiger partial charge in [-0.15, -0.1) is 40.2 Å². The quantitative estimate of drug-likeness (QED) is 0.0539. The Morgan fingerprint density at radius 2 is 1.37 bits per heavy atom. The molecule has 8 nitrogen and oxygen atoms in total. The molecule has 17 heteroatoms. The first-order chi connectivity index (χ1) is 17.5. The molecule has 0 aliphatic carbocycles. The molecule has 242 valence electrons. The second-order valence-corrected chi connectivity index (χ2v) is 10.4. The van der Waals surface area contributed by atoms with Gasteiger partial charge in [0.2, 0.25) is 0 Å². The molecular weight excluding hydrogens is 815 g/mol. The second-order valence-electron chi connectivity index (χ2n) is 6.62. The Kier molecular flexibility index (Phi) is 113. The van der Waals surface area contributed by atoms with Crippen molar-refractivity contribution in [3.05, 3.63) is 0 Å². The van der Waals surface area contributed by atoms with Crippen LogP contribution in [0.1, 0.15) is 47.0 Å². The van der Waals surface area contributed by atoms with Gasteiger partial charge in [-0.3, -0.25) is 5.32 Å². The first-order valence-corrected chi connectivity index (χ1v) is 16.9. The summed E-state index contributed by atoms with van der Waals surface area (Å²) in [6.45, 7) is 12.9. The molecular formula is C21H55Br3Cl5N7OS. The van der Waals surface area contributed by atoms with Crippen LogP contribution in [0.15, 0.2) is 0 Å². The largest absolute Gasteiger partial charge is 0.330 e. The van der Waals surface area contributed by atoms with E-state index in [1.807, 2.05) is 13.8 Å². The van der Waals surface area contributed by atoms with Crippen LogP contribution in [0.4, 0.5) is 0 Å². The molecule has 0 atom stereocenters. The standard InChI is InChI=1S/C5H12ClN.2C4H10ClN.C2H5Br2N.2C2H6ClN.C2H5NOS.BrH/c1-5(2)3-4-7-6;1-3-6(5)4-2;5-3-1-2-4-6;3-1-5-2-4;1-4(2)3;3-1-2-4;3-1-2-5-4;/h5,7H,3-4H2,1-2H3;3-4H2,1-2H3;1-4,6H2;5H,1-2H2;1-2H3;1-2,4H2;2H,1,3H2;1H. The highest BCUT2D eigenvalue weighted by Gasteiger charge is 1.89. The monoisotopic (exact) mass is 865 g/mol. The first kappa shape index (κ1) is 59.8. The van der Waals surface area contributed by atoms with Crippen LogP contribution in [-0.2, 0) is 11.3 Å². The molecule has 0 heterocycles. The molecule has 8 N–H and O–H groups in total. The minimum absolute atomic E-state index is 0. The molecule has 0 radical (unpaired) electrons. The van der Waals surface area contributed by atoms with Gasteiger partial charge in [-0.2, -0.15) is 0 Å². The summed E-state index contributed by atoms with van der Waals surface area (Å²) in [4.78, 5) is 2.57. The Labute approximate surface area is 290 Å². The number of alkyl halides is 4. The summed E-state index contributed by atoms with van der Waals surface area (Å²) in [5.41, 5.74) is 16.6. The molecule has 0 aliphatic rings. The molecule has 0 aromatic rings. The Bertz CT molecular complexity index is 362. The fourth-order valence-electron chi connectivity index (χ4n) is 0.881. The van der Waals surface area contributed by atoms with Crippen molar-refractivity contribution in [2.24, 2.45) is 23.1 Å². The maximum Gasteiger partial charge on any atom is 0.0854 e. The lowest BCUT2D eigenvalue weighted by Crippen LogP contribution is -2.08. The van der Waals surface area contributed by atoms with E-state index in [2.05, 4.69) is 55.9 Å². The summed E-state index contributed by atoms with van der Waals surface area (Å²) in [7, 11) is 3.53. The highest BCUT2D eigenvalue weighted by atomic mass is 79.9. The van der Waals surface area contributed by atoms with Crippen LogP contribution >= 0.6 is 107 Å². The number of unbranched alkanes of at least 4 members (excludes halogenated alkanes) is 1. The third-order valence-electron chi connectivity index (χ3n) is 2.55. The van der Waals surface area contributed by atoms with E-state index < -0.39 is 0 Å². The summed E-state index contributed by atoms with van der Waals surface area (Å²) in [5, 5.41) is 4.33. The van der Waals surface area contributed by atoms with Crippen molar-refractivity contribution in [2.45, 2.75) is 47.0 Å². The lowest BCUT2D eigenvalue weighted by atomic mass is 10.1. The minimum atomic E-state index is 0. The number of nitrogens with two attached hydrogens (primary N) is 3. The summed E-state index contributed by atoms with van der Waals surface area (Å²) in [6.07, 6.45) is 3.27. The molecule has 0 aliphatic heterocycles. The second kappa shape index (κ2) is 72.1. The highest BCUT2D eigenvalue weighted by molar-refractivity contribution is 9.09. The van der Waals surface area contributed by atoms with Crippen molar-refractivity contribution in [3.8, 4) is 0 Å². The molecule has 0 unspecified atom stereocenters. The van der Waals surface area contributed by atoms with Crippen molar-refractivity contribution >= 4 is 124 Å². The van der Waals surface area contributed by atoms with Crippen molar-refractivity contribution < 1.29 is 4.21 Å². The Morgan fingerprint density at radius 3 is 1.42 bits per heavy atom. The van der Waals surface area contributed by atoms with E-state index in [1.54, 1.807) is 18.5 Å². The van der Waals surface area contributed by atoms with Gasteiger partial charge in [0.05, 0.1) is 22.2 Å². The summed E-state index contributed by atoms with van der Waals surface area (Å²) in [5.74, 6) is 2.07. The van der Waals surface area contributed by atoms with Gasteiger partial charge in [0, 0.05) is 63.9 Å². The molecule has 0 aromatic carbocycles. The lowest BCUT2D eigenvalue weighted by molar-refractivity contribution is 0.507. The van der Waals surface area contributed by atoms with Crippen LogP contribution in [0.3, 0.4) is 0 Å². The van der Waals surface area contributed by atoms with E-state index in [4.69, 9.17) is 75.7 Å². The van der Waals surface area contributed by atoms with Crippen LogP contribution in [0, 0.1) is 5.92 Å². The summed E-state index contributed by atoms with van der Waals surface area (Å²) in [6, 6.07) is 0. The maximum absolute atomic E-state index is 9.31. The smallest absolute Gasteiger partial charge is 0.0854 e. The van der Waals surface area contributed by atoms with Crippen LogP contribution in [-0.4, -0.2) is 94.4 Å². The molecule has 38 heavy (non-hydrogen) atoms.